The molecule has 0 aromatic carbocycles. The predicted molar refractivity (Wildman–Crippen MR) is 77.4 cm³/mol. The van der Waals surface area contributed by atoms with E-state index in [1.54, 1.807) is 0 Å². The fourth-order valence-electron chi connectivity index (χ4n) is 2.56. The quantitative estimate of drug-likeness (QED) is 0.653. The molecule has 0 spiro atoms. The van der Waals surface area contributed by atoms with Crippen LogP contribution in [0.4, 0.5) is 0 Å². The van der Waals surface area contributed by atoms with Crippen molar-refractivity contribution in [1.29, 1.82) is 0 Å². The summed E-state index contributed by atoms with van der Waals surface area (Å²) in [5.41, 5.74) is 0. The van der Waals surface area contributed by atoms with E-state index >= 15 is 0 Å². The number of hydrogen-bond donors (Lipinski definition) is 3. The maximum Gasteiger partial charge on any atom is 0.0244 e. The summed E-state index contributed by atoms with van der Waals surface area (Å²) in [5, 5.41) is 7.00. The Balaban J connectivity index is 0.00000106. The van der Waals surface area contributed by atoms with Crippen molar-refractivity contribution in [3.05, 3.63) is 0 Å². The maximum atomic E-state index is 4.73. The smallest absolute Gasteiger partial charge is 0.0244 e. The van der Waals surface area contributed by atoms with Gasteiger partial charge in [-0.05, 0) is 33.2 Å². The molecule has 0 aromatic heterocycles. The molecular formula is C13H30N2S. The second kappa shape index (κ2) is 7.57. The minimum atomic E-state index is 0.139. The zero-order valence-electron chi connectivity index (χ0n) is 11.8. The summed E-state index contributed by atoms with van der Waals surface area (Å²) in [6, 6.07) is 1.12. The first kappa shape index (κ1) is 16.3. The van der Waals surface area contributed by atoms with Crippen molar-refractivity contribution in [2.45, 2.75) is 64.3 Å². The third-order valence-corrected chi connectivity index (χ3v) is 3.75. The first-order chi connectivity index (χ1) is 7.50. The Morgan fingerprint density at radius 3 is 2.44 bits per heavy atom. The van der Waals surface area contributed by atoms with Crippen LogP contribution in [-0.2, 0) is 0 Å². The zero-order valence-corrected chi connectivity index (χ0v) is 12.7. The van der Waals surface area contributed by atoms with Crippen LogP contribution in [0.5, 0.6) is 0 Å². The molecule has 0 bridgehead atoms. The van der Waals surface area contributed by atoms with Gasteiger partial charge in [-0.2, -0.15) is 12.6 Å². The van der Waals surface area contributed by atoms with Crippen LogP contribution in [0.2, 0.25) is 0 Å². The molecule has 1 saturated heterocycles. The van der Waals surface area contributed by atoms with Gasteiger partial charge in [0.2, 0.25) is 0 Å². The summed E-state index contributed by atoms with van der Waals surface area (Å²) in [4.78, 5) is 0. The molecule has 4 atom stereocenters. The van der Waals surface area contributed by atoms with Crippen LogP contribution in [0, 0.1) is 5.92 Å². The maximum absolute atomic E-state index is 4.73. The highest BCUT2D eigenvalue weighted by molar-refractivity contribution is 7.81. The number of rotatable bonds is 2. The Kier molecular flexibility index (Phi) is 7.70. The summed E-state index contributed by atoms with van der Waals surface area (Å²) in [6.07, 6.45) is 2.42. The fraction of sp³-hybridized carbons (Fsp3) is 1.00. The first-order valence-corrected chi connectivity index (χ1v) is 7.08. The largest absolute Gasteiger partial charge is 0.315 e. The van der Waals surface area contributed by atoms with E-state index in [9.17, 15) is 0 Å². The van der Waals surface area contributed by atoms with Crippen molar-refractivity contribution in [2.75, 3.05) is 13.6 Å². The molecule has 1 heterocycles. The van der Waals surface area contributed by atoms with Crippen molar-refractivity contribution >= 4 is 12.6 Å². The minimum absolute atomic E-state index is 0.139. The molecule has 1 fully saturated rings. The van der Waals surface area contributed by atoms with E-state index in [0.717, 1.165) is 12.5 Å². The van der Waals surface area contributed by atoms with E-state index in [1.165, 1.54) is 12.8 Å². The molecule has 2 N–H and O–H groups in total. The van der Waals surface area contributed by atoms with Gasteiger partial charge in [0.15, 0.2) is 0 Å². The SMILES string of the molecule is CC.CCC1CC(C)(S)CNC(C)C1NC. The van der Waals surface area contributed by atoms with Crippen molar-refractivity contribution in [3.8, 4) is 0 Å². The highest BCUT2D eigenvalue weighted by Crippen LogP contribution is 2.30. The summed E-state index contributed by atoms with van der Waals surface area (Å²) < 4.78 is 0.139. The summed E-state index contributed by atoms with van der Waals surface area (Å²) in [5.74, 6) is 0.729. The molecule has 98 valence electrons. The molecule has 3 heteroatoms. The van der Waals surface area contributed by atoms with Crippen LogP contribution in [0.25, 0.3) is 0 Å². The molecule has 0 amide bonds. The van der Waals surface area contributed by atoms with E-state index in [1.807, 2.05) is 13.8 Å². The molecule has 0 aromatic rings. The second-order valence-electron chi connectivity index (χ2n) is 4.85. The van der Waals surface area contributed by atoms with Gasteiger partial charge >= 0.3 is 0 Å². The van der Waals surface area contributed by atoms with Crippen LogP contribution in [0.3, 0.4) is 0 Å². The lowest BCUT2D eigenvalue weighted by atomic mass is 9.86. The molecule has 0 radical (unpaired) electrons. The summed E-state index contributed by atoms with van der Waals surface area (Å²) in [6.45, 7) is 11.8. The van der Waals surface area contributed by atoms with E-state index in [4.69, 9.17) is 12.6 Å². The normalized spacial score (nSPS) is 39.6. The highest BCUT2D eigenvalue weighted by atomic mass is 32.1. The van der Waals surface area contributed by atoms with Crippen molar-refractivity contribution in [3.63, 3.8) is 0 Å². The Morgan fingerprint density at radius 1 is 1.44 bits per heavy atom. The zero-order chi connectivity index (χ0) is 12.8. The van der Waals surface area contributed by atoms with Crippen LogP contribution >= 0.6 is 12.6 Å². The van der Waals surface area contributed by atoms with Gasteiger partial charge in [0.25, 0.3) is 0 Å². The lowest BCUT2D eigenvalue weighted by Gasteiger charge is -2.30. The minimum Gasteiger partial charge on any atom is -0.315 e. The van der Waals surface area contributed by atoms with Gasteiger partial charge < -0.3 is 10.6 Å². The molecule has 1 aliphatic rings. The third-order valence-electron chi connectivity index (χ3n) is 3.41. The van der Waals surface area contributed by atoms with E-state index in [0.29, 0.717) is 12.1 Å². The highest BCUT2D eigenvalue weighted by Gasteiger charge is 2.34. The van der Waals surface area contributed by atoms with E-state index < -0.39 is 0 Å². The van der Waals surface area contributed by atoms with Gasteiger partial charge in [-0.1, -0.05) is 27.2 Å². The van der Waals surface area contributed by atoms with Crippen molar-refractivity contribution < 1.29 is 0 Å². The average molecular weight is 246 g/mol. The molecule has 2 nitrogen and oxygen atoms in total. The van der Waals surface area contributed by atoms with Crippen LogP contribution in [0.15, 0.2) is 0 Å². The molecule has 16 heavy (non-hydrogen) atoms. The Labute approximate surface area is 107 Å². The standard InChI is InChI=1S/C11H24N2S.C2H6/c1-5-9-6-11(3,14)7-13-8(2)10(9)12-4;1-2/h8-10,12-14H,5-7H2,1-4H3;1-2H3. The number of hydrogen-bond acceptors (Lipinski definition) is 3. The van der Waals surface area contributed by atoms with Crippen molar-refractivity contribution in [2.24, 2.45) is 5.92 Å². The van der Waals surface area contributed by atoms with E-state index in [2.05, 4.69) is 38.5 Å². The predicted octanol–water partition coefficient (Wildman–Crippen LogP) is 2.70. The first-order valence-electron chi connectivity index (χ1n) is 6.63. The van der Waals surface area contributed by atoms with Gasteiger partial charge in [-0.3, -0.25) is 0 Å². The van der Waals surface area contributed by atoms with Crippen molar-refractivity contribution in [1.82, 2.24) is 10.6 Å². The molecule has 4 unspecified atom stereocenters. The summed E-state index contributed by atoms with van der Waals surface area (Å²) >= 11 is 4.73. The lowest BCUT2D eigenvalue weighted by molar-refractivity contribution is 0.304. The van der Waals surface area contributed by atoms with Gasteiger partial charge in [-0.15, -0.1) is 0 Å². The van der Waals surface area contributed by atoms with Gasteiger partial charge in [0.05, 0.1) is 0 Å². The Bertz CT molecular complexity index is 183. The van der Waals surface area contributed by atoms with Crippen LogP contribution in [-0.4, -0.2) is 30.4 Å². The monoisotopic (exact) mass is 246 g/mol. The average Bonchev–Trinajstić information content (AvgIpc) is 2.39. The van der Waals surface area contributed by atoms with Crippen LogP contribution in [0.1, 0.15) is 47.5 Å². The molecule has 1 aliphatic heterocycles. The van der Waals surface area contributed by atoms with E-state index in [-0.39, 0.29) is 4.75 Å². The number of thiol groups is 1. The topological polar surface area (TPSA) is 24.1 Å². The fourth-order valence-corrected chi connectivity index (χ4v) is 2.89. The lowest BCUT2D eigenvalue weighted by Crippen LogP contribution is -2.47. The molecule has 0 aliphatic carbocycles. The summed E-state index contributed by atoms with van der Waals surface area (Å²) in [7, 11) is 2.06. The molecular weight excluding hydrogens is 216 g/mol. The van der Waals surface area contributed by atoms with Crippen LogP contribution < -0.4 is 10.6 Å². The number of nitrogens with one attached hydrogen (secondary N) is 2. The Morgan fingerprint density at radius 2 is 2.00 bits per heavy atom. The number of likely N-dealkylation sites (N-methyl/N-ethyl adjacent to an activating group) is 1. The third kappa shape index (κ3) is 4.64. The molecule has 1 rings (SSSR count). The Hall–Kier alpha value is 0.270. The van der Waals surface area contributed by atoms with Gasteiger partial charge in [-0.25, -0.2) is 0 Å². The van der Waals surface area contributed by atoms with Gasteiger partial charge in [0.1, 0.15) is 0 Å². The second-order valence-corrected chi connectivity index (χ2v) is 5.93. The van der Waals surface area contributed by atoms with Gasteiger partial charge in [0, 0.05) is 23.4 Å². The molecule has 0 saturated carbocycles.